The first-order valence-electron chi connectivity index (χ1n) is 14.7. The SMILES string of the molecule is B=C1C(C(N)=O)=C(O)[C@@H](N(C)C)[C@@H]2C[C@@H]3Cc4c(c(O)cc(CN(CC)[C@H](C)C5CC5)c4N(C)C)C(=O)C3=C(O)[C@]12O. The van der Waals surface area contributed by atoms with Crippen LogP contribution in [0.3, 0.4) is 0 Å². The van der Waals surface area contributed by atoms with E-state index in [4.69, 9.17) is 5.73 Å². The maximum absolute atomic E-state index is 14.2. The standard InChI is InChI=1S/C31H43BN4O6/c1-7-36(14(2)15-8-9-15)13-17-12-20(37)22-18(24(17)34(3)4)10-16-11-19-25(35(5)6)27(39)23(30(33)41)28(32)31(19,42)29(40)21(16)26(22)38/h12,14-16,19,25,32,37,39-40,42H,7-11,13H2,1-6H3,(H2,33,41)/t14-,16+,19+,25+,31-/m1/s1. The summed E-state index contributed by atoms with van der Waals surface area (Å²) in [4.78, 5) is 32.5. The number of aromatic hydroxyl groups is 1. The second-order valence-corrected chi connectivity index (χ2v) is 12.9. The number of aliphatic hydroxyl groups excluding tert-OH is 2. The Morgan fingerprint density at radius 2 is 1.83 bits per heavy atom. The number of ketones is 1. The number of anilines is 1. The molecule has 1 amide bonds. The molecule has 5 atom stereocenters. The molecule has 0 heterocycles. The predicted octanol–water partition coefficient (Wildman–Crippen LogP) is 1.31. The average Bonchev–Trinajstić information content (AvgIpc) is 3.74. The van der Waals surface area contributed by atoms with Gasteiger partial charge in [0.2, 0.25) is 0 Å². The summed E-state index contributed by atoms with van der Waals surface area (Å²) in [5, 5.41) is 46.2. The number of benzene rings is 1. The molecule has 11 heteroatoms. The first-order chi connectivity index (χ1) is 19.7. The number of hydrogen-bond donors (Lipinski definition) is 5. The first kappa shape index (κ1) is 30.3. The predicted molar refractivity (Wildman–Crippen MR) is 163 cm³/mol. The third-order valence-electron chi connectivity index (χ3n) is 10.1. The number of hydrogen-bond acceptors (Lipinski definition) is 9. The molecule has 1 aromatic rings. The number of rotatable bonds is 8. The molecule has 42 heavy (non-hydrogen) atoms. The van der Waals surface area contributed by atoms with Gasteiger partial charge in [0, 0.05) is 0 Å². The molecule has 10 nitrogen and oxygen atoms in total. The maximum atomic E-state index is 14.2. The summed E-state index contributed by atoms with van der Waals surface area (Å²) in [5.74, 6) is -3.29. The normalized spacial score (nSPS) is 28.1. The number of phenolic OH excluding ortho intramolecular Hbond substituents is 1. The van der Waals surface area contributed by atoms with Crippen LogP contribution in [0.25, 0.3) is 0 Å². The number of aliphatic hydroxyl groups is 3. The van der Waals surface area contributed by atoms with Crippen LogP contribution in [0.5, 0.6) is 5.75 Å². The van der Waals surface area contributed by atoms with Crippen LogP contribution in [-0.4, -0.2) is 107 Å². The van der Waals surface area contributed by atoms with E-state index < -0.39 is 40.9 Å². The van der Waals surface area contributed by atoms with Crippen LogP contribution >= 0.6 is 0 Å². The van der Waals surface area contributed by atoms with Gasteiger partial charge in [-0.15, -0.1) is 0 Å². The molecule has 0 aliphatic heterocycles. The van der Waals surface area contributed by atoms with Crippen LogP contribution in [0.4, 0.5) is 5.69 Å². The molecule has 5 rings (SSSR count). The van der Waals surface area contributed by atoms with E-state index in [2.05, 4.69) is 26.2 Å². The van der Waals surface area contributed by atoms with E-state index in [1.807, 2.05) is 19.0 Å². The molecule has 4 aliphatic rings. The summed E-state index contributed by atoms with van der Waals surface area (Å²) in [6.45, 7) is 5.85. The van der Waals surface area contributed by atoms with E-state index in [9.17, 15) is 30.0 Å². The average molecular weight is 579 g/mol. The molecule has 1 saturated carbocycles. The van der Waals surface area contributed by atoms with Gasteiger partial charge in [-0.25, -0.2) is 0 Å². The van der Waals surface area contributed by atoms with Crippen LogP contribution in [0.15, 0.2) is 28.7 Å². The number of allylic oxidation sites excluding steroid dienone is 1. The fourth-order valence-electron chi connectivity index (χ4n) is 7.86. The van der Waals surface area contributed by atoms with Gasteiger partial charge in [-0.3, -0.25) is 0 Å². The Balaban J connectivity index is 1.65. The van der Waals surface area contributed by atoms with Gasteiger partial charge in [-0.05, 0) is 25.7 Å². The van der Waals surface area contributed by atoms with Crippen molar-refractivity contribution in [2.24, 2.45) is 23.5 Å². The van der Waals surface area contributed by atoms with Crippen molar-refractivity contribution in [1.29, 1.82) is 0 Å². The molecule has 0 spiro atoms. The molecular formula is C31H43BN4O6. The Morgan fingerprint density at radius 3 is 2.36 bits per heavy atom. The fraction of sp³-hybridized carbons (Fsp3) is 0.581. The summed E-state index contributed by atoms with van der Waals surface area (Å²) < 4.78 is 0. The Labute approximate surface area is 248 Å². The van der Waals surface area contributed by atoms with E-state index in [0.29, 0.717) is 30.5 Å². The summed E-state index contributed by atoms with van der Waals surface area (Å²) in [6.07, 6.45) is 3.01. The minimum atomic E-state index is -2.20. The third-order valence-corrected chi connectivity index (χ3v) is 10.1. The second-order valence-electron chi connectivity index (χ2n) is 12.9. The minimum absolute atomic E-state index is 0.00425. The number of nitrogens with two attached hydrogens (primary N) is 1. The van der Waals surface area contributed by atoms with Crippen molar-refractivity contribution in [2.45, 2.75) is 63.8 Å². The summed E-state index contributed by atoms with van der Waals surface area (Å²) in [7, 11) is 11.1. The molecule has 4 aliphatic carbocycles. The molecular weight excluding hydrogens is 535 g/mol. The third kappa shape index (κ3) is 4.39. The van der Waals surface area contributed by atoms with Crippen molar-refractivity contribution in [3.63, 3.8) is 0 Å². The van der Waals surface area contributed by atoms with Crippen LogP contribution in [0.2, 0.25) is 0 Å². The molecule has 0 radical (unpaired) electrons. The van der Waals surface area contributed by atoms with Crippen molar-refractivity contribution in [3.05, 3.63) is 45.4 Å². The number of amides is 1. The van der Waals surface area contributed by atoms with Crippen molar-refractivity contribution >= 4 is 30.3 Å². The molecule has 0 aromatic heterocycles. The Hall–Kier alpha value is -3.15. The van der Waals surface area contributed by atoms with Gasteiger partial charge in [-0.2, -0.15) is 0 Å². The number of fused-ring (bicyclic) bond motifs is 3. The molecule has 0 saturated heterocycles. The van der Waals surface area contributed by atoms with Gasteiger partial charge in [0.05, 0.1) is 0 Å². The zero-order valence-electron chi connectivity index (χ0n) is 25.4. The van der Waals surface area contributed by atoms with E-state index in [1.54, 1.807) is 25.1 Å². The monoisotopic (exact) mass is 578 g/mol. The summed E-state index contributed by atoms with van der Waals surface area (Å²) in [5.41, 5.74) is 5.37. The fourth-order valence-corrected chi connectivity index (χ4v) is 7.86. The summed E-state index contributed by atoms with van der Waals surface area (Å²) >= 11 is 0. The van der Waals surface area contributed by atoms with Crippen molar-refractivity contribution < 1.29 is 30.0 Å². The molecule has 0 unspecified atom stereocenters. The van der Waals surface area contributed by atoms with Gasteiger partial charge in [0.25, 0.3) is 0 Å². The van der Waals surface area contributed by atoms with E-state index >= 15 is 0 Å². The van der Waals surface area contributed by atoms with Crippen molar-refractivity contribution in [2.75, 3.05) is 39.6 Å². The molecule has 1 fully saturated rings. The quantitative estimate of drug-likeness (QED) is 0.288. The molecule has 226 valence electrons. The van der Waals surface area contributed by atoms with E-state index in [-0.39, 0.29) is 40.1 Å². The van der Waals surface area contributed by atoms with Crippen LogP contribution in [0.1, 0.15) is 54.6 Å². The molecule has 0 bridgehead atoms. The first-order valence-corrected chi connectivity index (χ1v) is 14.7. The van der Waals surface area contributed by atoms with Crippen LogP contribution < -0.4 is 10.6 Å². The zero-order valence-corrected chi connectivity index (χ0v) is 25.4. The van der Waals surface area contributed by atoms with Gasteiger partial charge in [0.15, 0.2) is 0 Å². The number of carbonyl (C=O) groups is 2. The number of Topliss-reactive ketones (excluding diaryl/α,β-unsaturated/α-hetero) is 1. The number of carbonyl (C=O) groups excluding carboxylic acids is 2. The topological polar surface area (TPSA) is 151 Å². The molecule has 6 N–H and O–H groups in total. The zero-order chi connectivity index (χ0) is 31.0. The number of likely N-dealkylation sites (N-methyl/N-ethyl adjacent to an activating group) is 1. The molecule has 1 aromatic carbocycles. The van der Waals surface area contributed by atoms with Crippen molar-refractivity contribution in [1.82, 2.24) is 9.80 Å². The number of primary amides is 1. The van der Waals surface area contributed by atoms with Gasteiger partial charge < -0.3 is 0 Å². The number of nitrogens with zero attached hydrogens (tertiary/aromatic N) is 3. The Kier molecular flexibility index (Phi) is 7.61. The van der Waals surface area contributed by atoms with Gasteiger partial charge in [0.1, 0.15) is 0 Å². The van der Waals surface area contributed by atoms with E-state index in [0.717, 1.165) is 17.8 Å². The van der Waals surface area contributed by atoms with Gasteiger partial charge >= 0.3 is 216 Å². The Morgan fingerprint density at radius 1 is 1.19 bits per heavy atom. The summed E-state index contributed by atoms with van der Waals surface area (Å²) in [6, 6.07) is 1.19. The van der Waals surface area contributed by atoms with Crippen molar-refractivity contribution in [3.8, 4) is 5.75 Å². The second kappa shape index (κ2) is 10.5. The van der Waals surface area contributed by atoms with Crippen LogP contribution in [-0.2, 0) is 17.8 Å². The number of phenols is 1. The van der Waals surface area contributed by atoms with E-state index in [1.165, 1.54) is 12.8 Å². The Bertz CT molecular complexity index is 1430. The van der Waals surface area contributed by atoms with Gasteiger partial charge in [-0.1, -0.05) is 6.92 Å². The van der Waals surface area contributed by atoms with Crippen LogP contribution in [0, 0.1) is 17.8 Å².